The van der Waals surface area contributed by atoms with Crippen LogP contribution in [0.5, 0.6) is 0 Å². The molecule has 27 heavy (non-hydrogen) atoms. The molecule has 2 nitrogen and oxygen atoms in total. The summed E-state index contributed by atoms with van der Waals surface area (Å²) in [4.78, 5) is 9.86. The van der Waals surface area contributed by atoms with E-state index in [9.17, 15) is 0 Å². The van der Waals surface area contributed by atoms with E-state index in [4.69, 9.17) is 9.97 Å². The Hall–Kier alpha value is -2.22. The summed E-state index contributed by atoms with van der Waals surface area (Å²) in [5.74, 6) is 0.354. The maximum absolute atomic E-state index is 5.10. The summed E-state index contributed by atoms with van der Waals surface area (Å²) < 4.78 is 0. The summed E-state index contributed by atoms with van der Waals surface area (Å²) >= 11 is 0. The van der Waals surface area contributed by atoms with Crippen LogP contribution in [0.4, 0.5) is 0 Å². The van der Waals surface area contributed by atoms with E-state index in [1.165, 1.54) is 10.9 Å². The monoisotopic (exact) mass is 360 g/mol. The first-order valence-corrected chi connectivity index (χ1v) is 9.90. The van der Waals surface area contributed by atoms with E-state index in [0.717, 1.165) is 29.0 Å². The predicted molar refractivity (Wildman–Crippen MR) is 115 cm³/mol. The molecule has 0 amide bonds. The molecule has 0 saturated heterocycles. The number of benzene rings is 1. The van der Waals surface area contributed by atoms with Crippen molar-refractivity contribution >= 4 is 10.9 Å². The molecule has 1 unspecified atom stereocenters. The van der Waals surface area contributed by atoms with E-state index in [1.54, 1.807) is 0 Å². The molecule has 0 bridgehead atoms. The quantitative estimate of drug-likeness (QED) is 0.523. The zero-order valence-electron chi connectivity index (χ0n) is 17.8. The topological polar surface area (TPSA) is 25.8 Å². The van der Waals surface area contributed by atoms with Gasteiger partial charge in [-0.25, -0.2) is 0 Å². The Morgan fingerprint density at radius 3 is 2.22 bits per heavy atom. The fraction of sp³-hybridized carbons (Fsp3) is 0.440. The van der Waals surface area contributed by atoms with Gasteiger partial charge in [0, 0.05) is 28.4 Å². The molecule has 2 aromatic heterocycles. The Morgan fingerprint density at radius 2 is 1.56 bits per heavy atom. The number of pyridine rings is 2. The Labute approximate surface area is 164 Å². The maximum atomic E-state index is 5.10. The predicted octanol–water partition coefficient (Wildman–Crippen LogP) is 6.61. The smallest absolute Gasteiger partial charge is 0.0742 e. The van der Waals surface area contributed by atoms with E-state index >= 15 is 0 Å². The fourth-order valence-electron chi connectivity index (χ4n) is 3.72. The largest absolute Gasteiger partial charge is 0.258 e. The average Bonchev–Trinajstić information content (AvgIpc) is 2.59. The van der Waals surface area contributed by atoms with Gasteiger partial charge >= 0.3 is 0 Å². The first-order valence-electron chi connectivity index (χ1n) is 9.90. The molecule has 0 aliphatic carbocycles. The lowest BCUT2D eigenvalue weighted by atomic mass is 9.74. The minimum Gasteiger partial charge on any atom is -0.258 e. The zero-order valence-corrected chi connectivity index (χ0v) is 17.8. The number of aryl methyl sites for hydroxylation is 1. The molecule has 0 aliphatic rings. The van der Waals surface area contributed by atoms with Crippen LogP contribution in [0.25, 0.3) is 10.9 Å². The van der Waals surface area contributed by atoms with Crippen LogP contribution in [-0.4, -0.2) is 9.97 Å². The minimum absolute atomic E-state index is 0.0676. The third kappa shape index (κ3) is 4.21. The molecule has 0 radical (unpaired) electrons. The molecule has 2 heteroatoms. The Morgan fingerprint density at radius 1 is 0.852 bits per heavy atom. The first-order chi connectivity index (χ1) is 12.6. The number of rotatable bonds is 4. The van der Waals surface area contributed by atoms with Gasteiger partial charge in [-0.3, -0.25) is 9.97 Å². The van der Waals surface area contributed by atoms with Gasteiger partial charge in [0.2, 0.25) is 0 Å². The van der Waals surface area contributed by atoms with Crippen LogP contribution in [0.2, 0.25) is 0 Å². The molecule has 0 saturated carbocycles. The summed E-state index contributed by atoms with van der Waals surface area (Å²) in [5.41, 5.74) is 6.00. The molecule has 0 fully saturated rings. The highest BCUT2D eigenvalue weighted by Gasteiger charge is 2.29. The van der Waals surface area contributed by atoms with Gasteiger partial charge in [-0.15, -0.1) is 0 Å². The lowest BCUT2D eigenvalue weighted by Crippen LogP contribution is -2.24. The van der Waals surface area contributed by atoms with Crippen molar-refractivity contribution in [2.24, 2.45) is 5.41 Å². The van der Waals surface area contributed by atoms with Crippen LogP contribution in [0.1, 0.15) is 70.1 Å². The van der Waals surface area contributed by atoms with Crippen LogP contribution >= 0.6 is 0 Å². The molecule has 3 aromatic rings. The van der Waals surface area contributed by atoms with Gasteiger partial charge in [0.05, 0.1) is 5.52 Å². The molecule has 0 aliphatic heterocycles. The lowest BCUT2D eigenvalue weighted by molar-refractivity contribution is 0.291. The lowest BCUT2D eigenvalue weighted by Gasteiger charge is -2.31. The SMILES string of the molecule is Cc1cccc(C(C)C(C)(C)Cc2ccc3cccc(C(C)(C)C)c3n2)n1. The number of aromatic nitrogens is 2. The highest BCUT2D eigenvalue weighted by atomic mass is 14.7. The first kappa shape index (κ1) is 19.5. The summed E-state index contributed by atoms with van der Waals surface area (Å²) in [7, 11) is 0. The number of hydrogen-bond donors (Lipinski definition) is 0. The standard InChI is InChI=1S/C25H32N2/c1-17-10-8-13-22(26-17)18(2)25(6,7)16-20-15-14-19-11-9-12-21(23(19)27-20)24(3,4)5/h8-15,18H,16H2,1-7H3. The highest BCUT2D eigenvalue weighted by molar-refractivity contribution is 5.82. The number of nitrogens with zero attached hydrogens (tertiary/aromatic N) is 2. The van der Waals surface area contributed by atoms with Gasteiger partial charge in [0.1, 0.15) is 0 Å². The van der Waals surface area contributed by atoms with Crippen LogP contribution in [0.15, 0.2) is 48.5 Å². The molecule has 2 heterocycles. The average molecular weight is 361 g/mol. The summed E-state index contributed by atoms with van der Waals surface area (Å²) in [6.45, 7) is 15.8. The summed E-state index contributed by atoms with van der Waals surface area (Å²) in [6.07, 6.45) is 0.929. The number of para-hydroxylation sites is 1. The van der Waals surface area contributed by atoms with Crippen LogP contribution in [0, 0.1) is 12.3 Å². The normalized spacial score (nSPS) is 13.7. The molecular weight excluding hydrogens is 328 g/mol. The van der Waals surface area contributed by atoms with Crippen molar-refractivity contribution in [3.63, 3.8) is 0 Å². The molecular formula is C25H32N2. The van der Waals surface area contributed by atoms with Gasteiger partial charge in [0.25, 0.3) is 0 Å². The molecule has 1 aromatic carbocycles. The van der Waals surface area contributed by atoms with E-state index in [-0.39, 0.29) is 10.8 Å². The van der Waals surface area contributed by atoms with Crippen LogP contribution < -0.4 is 0 Å². The van der Waals surface area contributed by atoms with Gasteiger partial charge < -0.3 is 0 Å². The van der Waals surface area contributed by atoms with E-state index in [2.05, 4.69) is 97.0 Å². The number of hydrogen-bond acceptors (Lipinski definition) is 2. The van der Waals surface area contributed by atoms with Crippen molar-refractivity contribution in [2.75, 3.05) is 0 Å². The van der Waals surface area contributed by atoms with Crippen molar-refractivity contribution < 1.29 is 0 Å². The van der Waals surface area contributed by atoms with Crippen molar-refractivity contribution in [2.45, 2.75) is 66.2 Å². The molecule has 3 rings (SSSR count). The summed E-state index contributed by atoms with van der Waals surface area (Å²) in [5, 5.41) is 1.22. The second-order valence-electron chi connectivity index (χ2n) is 9.52. The molecule has 0 spiro atoms. The van der Waals surface area contributed by atoms with Gasteiger partial charge in [-0.2, -0.15) is 0 Å². The van der Waals surface area contributed by atoms with E-state index < -0.39 is 0 Å². The Bertz CT molecular complexity index is 948. The van der Waals surface area contributed by atoms with Gasteiger partial charge in [0.15, 0.2) is 0 Å². The fourth-order valence-corrected chi connectivity index (χ4v) is 3.72. The second-order valence-corrected chi connectivity index (χ2v) is 9.52. The Kier molecular flexibility index (Phi) is 5.12. The third-order valence-corrected chi connectivity index (χ3v) is 5.75. The van der Waals surface area contributed by atoms with Crippen LogP contribution in [0.3, 0.4) is 0 Å². The van der Waals surface area contributed by atoms with Crippen molar-refractivity contribution in [1.82, 2.24) is 9.97 Å². The highest BCUT2D eigenvalue weighted by Crippen LogP contribution is 2.38. The van der Waals surface area contributed by atoms with Crippen molar-refractivity contribution in [1.29, 1.82) is 0 Å². The van der Waals surface area contributed by atoms with E-state index in [1.807, 2.05) is 0 Å². The summed E-state index contributed by atoms with van der Waals surface area (Å²) in [6, 6.07) is 17.2. The van der Waals surface area contributed by atoms with Gasteiger partial charge in [-0.05, 0) is 47.9 Å². The number of fused-ring (bicyclic) bond motifs is 1. The molecule has 0 N–H and O–H groups in total. The molecule has 1 atom stereocenters. The molecule has 142 valence electrons. The third-order valence-electron chi connectivity index (χ3n) is 5.75. The van der Waals surface area contributed by atoms with E-state index in [0.29, 0.717) is 5.92 Å². The zero-order chi connectivity index (χ0) is 19.8. The second kappa shape index (κ2) is 7.07. The maximum Gasteiger partial charge on any atom is 0.0742 e. The van der Waals surface area contributed by atoms with Gasteiger partial charge in [-0.1, -0.05) is 71.9 Å². The van der Waals surface area contributed by atoms with Crippen molar-refractivity contribution in [3.8, 4) is 0 Å². The minimum atomic E-state index is 0.0676. The van der Waals surface area contributed by atoms with Crippen molar-refractivity contribution in [3.05, 3.63) is 71.2 Å². The van der Waals surface area contributed by atoms with Crippen LogP contribution in [-0.2, 0) is 11.8 Å². The Balaban J connectivity index is 1.95.